The third-order valence-corrected chi connectivity index (χ3v) is 4.42. The zero-order valence-electron chi connectivity index (χ0n) is 11.1. The average molecular weight is 244 g/mol. The maximum atomic E-state index is 11.2. The van der Waals surface area contributed by atoms with E-state index in [9.17, 15) is 4.79 Å². The number of carbonyl (C=O) groups is 1. The van der Waals surface area contributed by atoms with Crippen molar-refractivity contribution in [2.75, 3.05) is 25.5 Å². The first-order valence-electron chi connectivity index (χ1n) is 6.72. The van der Waals surface area contributed by atoms with Crippen LogP contribution in [-0.2, 0) is 24.1 Å². The second-order valence-electron chi connectivity index (χ2n) is 5.62. The van der Waals surface area contributed by atoms with Gasteiger partial charge in [-0.1, -0.05) is 12.1 Å². The SMILES string of the molecule is CN(C)C1CCc2ccc3c(c2C1)N(C=O)CC3. The average Bonchev–Trinajstić information content (AvgIpc) is 2.81. The van der Waals surface area contributed by atoms with Crippen molar-refractivity contribution in [3.8, 4) is 0 Å². The van der Waals surface area contributed by atoms with Crippen LogP contribution in [0.25, 0.3) is 0 Å². The number of carbonyl (C=O) groups excluding carboxylic acids is 1. The fourth-order valence-electron chi connectivity index (χ4n) is 3.31. The van der Waals surface area contributed by atoms with Crippen molar-refractivity contribution in [1.82, 2.24) is 4.90 Å². The predicted octanol–water partition coefficient (Wildman–Crippen LogP) is 1.62. The van der Waals surface area contributed by atoms with Gasteiger partial charge in [0.15, 0.2) is 0 Å². The van der Waals surface area contributed by atoms with Crippen molar-refractivity contribution in [2.24, 2.45) is 0 Å². The summed E-state index contributed by atoms with van der Waals surface area (Å²) in [6.07, 6.45) is 5.44. The summed E-state index contributed by atoms with van der Waals surface area (Å²) in [4.78, 5) is 15.4. The van der Waals surface area contributed by atoms with E-state index in [1.807, 2.05) is 4.90 Å². The minimum atomic E-state index is 0.609. The van der Waals surface area contributed by atoms with Crippen LogP contribution in [0.4, 0.5) is 5.69 Å². The molecule has 0 N–H and O–H groups in total. The summed E-state index contributed by atoms with van der Waals surface area (Å²) >= 11 is 0. The molecule has 0 spiro atoms. The van der Waals surface area contributed by atoms with Crippen molar-refractivity contribution >= 4 is 12.1 Å². The molecule has 0 fully saturated rings. The van der Waals surface area contributed by atoms with E-state index in [1.54, 1.807) is 0 Å². The van der Waals surface area contributed by atoms with E-state index in [1.165, 1.54) is 28.8 Å². The highest BCUT2D eigenvalue weighted by Crippen LogP contribution is 2.37. The standard InChI is InChI=1S/C15H20N2O/c1-16(2)13-6-5-11-3-4-12-7-8-17(10-18)15(12)14(11)9-13/h3-4,10,13H,5-9H2,1-2H3. The zero-order chi connectivity index (χ0) is 12.7. The molecule has 0 saturated heterocycles. The lowest BCUT2D eigenvalue weighted by molar-refractivity contribution is -0.107. The largest absolute Gasteiger partial charge is 0.314 e. The zero-order valence-corrected chi connectivity index (χ0v) is 11.1. The fraction of sp³-hybridized carbons (Fsp3) is 0.533. The van der Waals surface area contributed by atoms with Gasteiger partial charge >= 0.3 is 0 Å². The minimum Gasteiger partial charge on any atom is -0.314 e. The monoisotopic (exact) mass is 244 g/mol. The molecule has 1 amide bonds. The minimum absolute atomic E-state index is 0.609. The van der Waals surface area contributed by atoms with Crippen LogP contribution >= 0.6 is 0 Å². The van der Waals surface area contributed by atoms with Crippen molar-refractivity contribution in [3.63, 3.8) is 0 Å². The highest BCUT2D eigenvalue weighted by Gasteiger charge is 2.28. The number of rotatable bonds is 2. The molecule has 0 radical (unpaired) electrons. The van der Waals surface area contributed by atoms with E-state index in [-0.39, 0.29) is 0 Å². The Balaban J connectivity index is 2.04. The lowest BCUT2D eigenvalue weighted by Crippen LogP contribution is -2.34. The number of fused-ring (bicyclic) bond motifs is 3. The number of amides is 1. The molecular formula is C15H20N2O. The Bertz CT molecular complexity index is 482. The Hall–Kier alpha value is -1.35. The number of anilines is 1. The van der Waals surface area contributed by atoms with E-state index in [0.29, 0.717) is 6.04 Å². The Labute approximate surface area is 108 Å². The predicted molar refractivity (Wildman–Crippen MR) is 73.1 cm³/mol. The van der Waals surface area contributed by atoms with Gasteiger partial charge in [-0.05, 0) is 56.5 Å². The third-order valence-electron chi connectivity index (χ3n) is 4.42. The van der Waals surface area contributed by atoms with E-state index >= 15 is 0 Å². The molecule has 1 aliphatic heterocycles. The molecule has 2 aliphatic rings. The van der Waals surface area contributed by atoms with Gasteiger partial charge in [0, 0.05) is 12.6 Å². The summed E-state index contributed by atoms with van der Waals surface area (Å²) in [6.45, 7) is 0.849. The summed E-state index contributed by atoms with van der Waals surface area (Å²) < 4.78 is 0. The smallest absolute Gasteiger partial charge is 0.214 e. The Morgan fingerprint density at radius 2 is 2.06 bits per heavy atom. The van der Waals surface area contributed by atoms with Crippen LogP contribution in [0.1, 0.15) is 23.1 Å². The molecule has 1 aliphatic carbocycles. The number of hydrogen-bond acceptors (Lipinski definition) is 2. The van der Waals surface area contributed by atoms with Gasteiger partial charge in [-0.3, -0.25) is 4.79 Å². The van der Waals surface area contributed by atoms with Crippen LogP contribution in [0.15, 0.2) is 12.1 Å². The normalized spacial score (nSPS) is 21.9. The molecule has 1 aromatic rings. The molecule has 0 aromatic heterocycles. The van der Waals surface area contributed by atoms with E-state index in [2.05, 4.69) is 31.1 Å². The van der Waals surface area contributed by atoms with Gasteiger partial charge in [-0.15, -0.1) is 0 Å². The molecule has 3 nitrogen and oxygen atoms in total. The number of nitrogens with zero attached hydrogens (tertiary/aromatic N) is 2. The number of hydrogen-bond donors (Lipinski definition) is 0. The summed E-state index contributed by atoms with van der Waals surface area (Å²) in [7, 11) is 4.30. The Morgan fingerprint density at radius 1 is 1.28 bits per heavy atom. The molecule has 1 aromatic carbocycles. The van der Waals surface area contributed by atoms with Gasteiger partial charge in [0.1, 0.15) is 0 Å². The van der Waals surface area contributed by atoms with Gasteiger partial charge in [0.2, 0.25) is 6.41 Å². The first-order valence-corrected chi connectivity index (χ1v) is 6.72. The van der Waals surface area contributed by atoms with Crippen LogP contribution in [0, 0.1) is 0 Å². The van der Waals surface area contributed by atoms with Crippen molar-refractivity contribution in [2.45, 2.75) is 31.7 Å². The van der Waals surface area contributed by atoms with Crippen LogP contribution in [-0.4, -0.2) is 38.0 Å². The molecule has 3 rings (SSSR count). The van der Waals surface area contributed by atoms with E-state index in [4.69, 9.17) is 0 Å². The van der Waals surface area contributed by atoms with Gasteiger partial charge in [-0.25, -0.2) is 0 Å². The maximum Gasteiger partial charge on any atom is 0.214 e. The second kappa shape index (κ2) is 4.39. The lowest BCUT2D eigenvalue weighted by Gasteiger charge is -2.32. The third kappa shape index (κ3) is 1.74. The maximum absolute atomic E-state index is 11.2. The number of likely N-dealkylation sites (N-methyl/N-ethyl adjacent to an activating group) is 1. The quantitative estimate of drug-likeness (QED) is 0.738. The molecular weight excluding hydrogens is 224 g/mol. The van der Waals surface area contributed by atoms with Gasteiger partial charge < -0.3 is 9.80 Å². The molecule has 0 bridgehead atoms. The van der Waals surface area contributed by atoms with Gasteiger partial charge in [0.05, 0.1) is 5.69 Å². The molecule has 3 heteroatoms. The second-order valence-corrected chi connectivity index (χ2v) is 5.62. The summed E-state index contributed by atoms with van der Waals surface area (Å²) in [5.41, 5.74) is 5.43. The van der Waals surface area contributed by atoms with Crippen LogP contribution in [0.2, 0.25) is 0 Å². The van der Waals surface area contributed by atoms with E-state index in [0.717, 1.165) is 32.2 Å². The highest BCUT2D eigenvalue weighted by molar-refractivity contribution is 5.82. The molecule has 18 heavy (non-hydrogen) atoms. The number of benzene rings is 1. The van der Waals surface area contributed by atoms with Crippen molar-refractivity contribution in [3.05, 3.63) is 28.8 Å². The summed E-state index contributed by atoms with van der Waals surface area (Å²) in [5, 5.41) is 0. The van der Waals surface area contributed by atoms with Crippen LogP contribution in [0.3, 0.4) is 0 Å². The lowest BCUT2D eigenvalue weighted by atomic mass is 9.85. The first kappa shape index (κ1) is 11.7. The highest BCUT2D eigenvalue weighted by atomic mass is 16.1. The Morgan fingerprint density at radius 3 is 2.78 bits per heavy atom. The summed E-state index contributed by atoms with van der Waals surface area (Å²) in [5.74, 6) is 0. The van der Waals surface area contributed by atoms with Crippen LogP contribution in [0.5, 0.6) is 0 Å². The topological polar surface area (TPSA) is 23.6 Å². The first-order chi connectivity index (χ1) is 8.70. The van der Waals surface area contributed by atoms with E-state index < -0.39 is 0 Å². The van der Waals surface area contributed by atoms with Gasteiger partial charge in [-0.2, -0.15) is 0 Å². The summed E-state index contributed by atoms with van der Waals surface area (Å²) in [6, 6.07) is 5.10. The molecule has 0 saturated carbocycles. The molecule has 96 valence electrons. The van der Waals surface area contributed by atoms with Crippen molar-refractivity contribution in [1.29, 1.82) is 0 Å². The Kier molecular flexibility index (Phi) is 2.86. The number of aryl methyl sites for hydroxylation is 1. The molecule has 1 atom stereocenters. The van der Waals surface area contributed by atoms with Crippen molar-refractivity contribution < 1.29 is 4.79 Å². The molecule has 1 heterocycles. The molecule has 1 unspecified atom stereocenters. The van der Waals surface area contributed by atoms with Gasteiger partial charge in [0.25, 0.3) is 0 Å². The van der Waals surface area contributed by atoms with Crippen LogP contribution < -0.4 is 4.90 Å². The fourth-order valence-corrected chi connectivity index (χ4v) is 3.31.